The van der Waals surface area contributed by atoms with Gasteiger partial charge in [-0.15, -0.1) is 0 Å². The molecule has 4 rings (SSSR count). The van der Waals surface area contributed by atoms with Crippen LogP contribution in [-0.2, 0) is 22.6 Å². The number of nitrogens with one attached hydrogen (secondary N) is 2. The first kappa shape index (κ1) is 22.4. The maximum Gasteiger partial charge on any atom is 0.249 e. The van der Waals surface area contributed by atoms with Crippen LogP contribution in [0.2, 0.25) is 0 Å². The van der Waals surface area contributed by atoms with E-state index in [1.165, 1.54) is 0 Å². The zero-order chi connectivity index (χ0) is 23.3. The van der Waals surface area contributed by atoms with E-state index in [0.717, 1.165) is 11.3 Å². The molecule has 0 bridgehead atoms. The molecule has 10 heteroatoms. The van der Waals surface area contributed by atoms with Gasteiger partial charge in [0, 0.05) is 57.9 Å². The topological polar surface area (TPSA) is 84.3 Å². The van der Waals surface area contributed by atoms with E-state index < -0.39 is 17.4 Å². The summed E-state index contributed by atoms with van der Waals surface area (Å²) < 4.78 is 33.6. The largest absolute Gasteiger partial charge is 0.379 e. The molecule has 0 saturated heterocycles. The fourth-order valence-electron chi connectivity index (χ4n) is 4.84. The summed E-state index contributed by atoms with van der Waals surface area (Å²) in [7, 11) is 3.46. The van der Waals surface area contributed by atoms with Crippen LogP contribution in [0.1, 0.15) is 37.9 Å². The third kappa shape index (κ3) is 4.28. The number of ether oxygens (including phenoxy) is 1. The summed E-state index contributed by atoms with van der Waals surface area (Å²) >= 11 is 0. The monoisotopic (exact) mass is 448 g/mol. The van der Waals surface area contributed by atoms with Crippen LogP contribution in [0.3, 0.4) is 0 Å². The van der Waals surface area contributed by atoms with Crippen molar-refractivity contribution in [1.29, 1.82) is 0 Å². The molecule has 1 amide bonds. The van der Waals surface area contributed by atoms with E-state index in [1.54, 1.807) is 18.0 Å². The first-order valence-electron chi connectivity index (χ1n) is 10.7. The summed E-state index contributed by atoms with van der Waals surface area (Å²) in [4.78, 5) is 19.0. The molecule has 2 aromatic rings. The van der Waals surface area contributed by atoms with Crippen molar-refractivity contribution in [1.82, 2.24) is 14.8 Å². The van der Waals surface area contributed by atoms with Gasteiger partial charge in [-0.05, 0) is 19.3 Å². The molecule has 2 atom stereocenters. The van der Waals surface area contributed by atoms with Gasteiger partial charge in [0.15, 0.2) is 0 Å². The number of halogens is 2. The first-order chi connectivity index (χ1) is 15.0. The van der Waals surface area contributed by atoms with Crippen molar-refractivity contribution in [3.8, 4) is 0 Å². The molecule has 3 heterocycles. The number of aromatic nitrogens is 3. The maximum absolute atomic E-state index is 13.3. The van der Waals surface area contributed by atoms with E-state index in [9.17, 15) is 13.6 Å². The number of fused-ring (bicyclic) bond motifs is 1. The zero-order valence-electron chi connectivity index (χ0n) is 19.1. The SMILES string of the molecule is CO[C@H](C)C1C(=O)Nc2c(cc(NCc3cnn(CC4(C)CC(F)(F)C4)c3)nc2C)N1C. The van der Waals surface area contributed by atoms with Crippen LogP contribution in [0.15, 0.2) is 18.5 Å². The zero-order valence-corrected chi connectivity index (χ0v) is 19.1. The van der Waals surface area contributed by atoms with Crippen molar-refractivity contribution >= 4 is 23.1 Å². The lowest BCUT2D eigenvalue weighted by Crippen LogP contribution is -2.52. The Hall–Kier alpha value is -2.75. The van der Waals surface area contributed by atoms with Crippen LogP contribution in [0.4, 0.5) is 26.0 Å². The lowest BCUT2D eigenvalue weighted by molar-refractivity contribution is -0.159. The summed E-state index contributed by atoms with van der Waals surface area (Å²) in [6.45, 7) is 6.55. The van der Waals surface area contributed by atoms with Crippen LogP contribution in [-0.4, -0.2) is 52.9 Å². The molecule has 32 heavy (non-hydrogen) atoms. The minimum atomic E-state index is -2.55. The van der Waals surface area contributed by atoms with Crippen molar-refractivity contribution in [3.63, 3.8) is 0 Å². The quantitative estimate of drug-likeness (QED) is 0.675. The van der Waals surface area contributed by atoms with Gasteiger partial charge in [-0.2, -0.15) is 5.10 Å². The molecular weight excluding hydrogens is 418 g/mol. The van der Waals surface area contributed by atoms with Gasteiger partial charge in [-0.25, -0.2) is 13.8 Å². The van der Waals surface area contributed by atoms with Gasteiger partial charge in [-0.3, -0.25) is 9.48 Å². The molecule has 1 unspecified atom stereocenters. The average Bonchev–Trinajstić information content (AvgIpc) is 3.12. The molecule has 174 valence electrons. The highest BCUT2D eigenvalue weighted by molar-refractivity contribution is 6.04. The molecule has 1 saturated carbocycles. The Morgan fingerprint density at radius 1 is 1.41 bits per heavy atom. The normalized spacial score (nSPS) is 22.0. The summed E-state index contributed by atoms with van der Waals surface area (Å²) in [6.07, 6.45) is 3.14. The number of rotatable bonds is 7. The van der Waals surface area contributed by atoms with E-state index in [-0.39, 0.29) is 24.9 Å². The Labute approximate surface area is 186 Å². The summed E-state index contributed by atoms with van der Waals surface area (Å²) in [5.41, 5.74) is 2.79. The fraction of sp³-hybridized carbons (Fsp3) is 0.591. The second-order valence-electron chi connectivity index (χ2n) is 9.39. The highest BCUT2D eigenvalue weighted by Gasteiger charge is 2.53. The first-order valence-corrected chi connectivity index (χ1v) is 10.7. The van der Waals surface area contributed by atoms with Crippen molar-refractivity contribution < 1.29 is 18.3 Å². The Bertz CT molecular complexity index is 1020. The number of likely N-dealkylation sites (N-methyl/N-ethyl adjacent to an activating group) is 1. The third-order valence-electron chi connectivity index (χ3n) is 6.38. The van der Waals surface area contributed by atoms with Gasteiger partial charge in [0.25, 0.3) is 0 Å². The second kappa shape index (κ2) is 7.99. The number of methoxy groups -OCH3 is 1. The standard InChI is InChI=1S/C22H30F2N6O2/c1-13-18-16(29(4)19(14(2)32-5)20(31)28-18)6-17(27-13)25-7-15-8-26-30(9-15)12-21(3)10-22(23,24)11-21/h6,8-9,14,19H,7,10-12H2,1-5H3,(H,25,27)(H,28,31)/t14-,19?/m1/s1. The molecule has 0 spiro atoms. The molecule has 0 radical (unpaired) electrons. The predicted octanol–water partition coefficient (Wildman–Crippen LogP) is 3.43. The number of anilines is 3. The summed E-state index contributed by atoms with van der Waals surface area (Å²) in [5, 5.41) is 10.6. The van der Waals surface area contributed by atoms with Crippen molar-refractivity contribution in [2.45, 2.75) is 64.8 Å². The van der Waals surface area contributed by atoms with Crippen LogP contribution in [0.5, 0.6) is 0 Å². The number of hydrogen-bond acceptors (Lipinski definition) is 6. The van der Waals surface area contributed by atoms with Crippen LogP contribution in [0, 0.1) is 12.3 Å². The molecule has 2 N–H and O–H groups in total. The maximum atomic E-state index is 13.3. The van der Waals surface area contributed by atoms with E-state index in [0.29, 0.717) is 30.3 Å². The molecule has 1 fully saturated rings. The van der Waals surface area contributed by atoms with Gasteiger partial charge < -0.3 is 20.3 Å². The second-order valence-corrected chi connectivity index (χ2v) is 9.39. The highest BCUT2D eigenvalue weighted by Crippen LogP contribution is 2.52. The number of amides is 1. The molecule has 2 aromatic heterocycles. The van der Waals surface area contributed by atoms with Crippen molar-refractivity contribution in [2.24, 2.45) is 5.41 Å². The van der Waals surface area contributed by atoms with E-state index in [2.05, 4.69) is 20.7 Å². The highest BCUT2D eigenvalue weighted by atomic mass is 19.3. The summed E-state index contributed by atoms with van der Waals surface area (Å²) in [6, 6.07) is 1.46. The Kier molecular flexibility index (Phi) is 5.60. The number of hydrogen-bond donors (Lipinski definition) is 2. The Balaban J connectivity index is 1.44. The van der Waals surface area contributed by atoms with Gasteiger partial charge in [-0.1, -0.05) is 6.92 Å². The van der Waals surface area contributed by atoms with Gasteiger partial charge in [0.1, 0.15) is 11.9 Å². The molecule has 2 aliphatic rings. The molecule has 1 aliphatic carbocycles. The number of aryl methyl sites for hydroxylation is 1. The lowest BCUT2D eigenvalue weighted by atomic mass is 9.67. The number of carbonyl (C=O) groups excluding carboxylic acids is 1. The van der Waals surface area contributed by atoms with Crippen LogP contribution in [0.25, 0.3) is 0 Å². The smallest absolute Gasteiger partial charge is 0.249 e. The van der Waals surface area contributed by atoms with Crippen LogP contribution >= 0.6 is 0 Å². The average molecular weight is 449 g/mol. The van der Waals surface area contributed by atoms with Gasteiger partial charge >= 0.3 is 0 Å². The molecule has 0 aromatic carbocycles. The Morgan fingerprint density at radius 3 is 2.78 bits per heavy atom. The van der Waals surface area contributed by atoms with Gasteiger partial charge in [0.2, 0.25) is 11.8 Å². The summed E-state index contributed by atoms with van der Waals surface area (Å²) in [5.74, 6) is -1.99. The number of nitrogens with zero attached hydrogens (tertiary/aromatic N) is 4. The Morgan fingerprint density at radius 2 is 2.12 bits per heavy atom. The van der Waals surface area contributed by atoms with Crippen molar-refractivity contribution in [2.75, 3.05) is 29.7 Å². The predicted molar refractivity (Wildman–Crippen MR) is 118 cm³/mol. The van der Waals surface area contributed by atoms with E-state index in [1.807, 2.05) is 45.0 Å². The number of alkyl halides is 2. The number of pyridine rings is 1. The van der Waals surface area contributed by atoms with E-state index >= 15 is 0 Å². The fourth-order valence-corrected chi connectivity index (χ4v) is 4.84. The minimum Gasteiger partial charge on any atom is -0.379 e. The number of carbonyl (C=O) groups is 1. The van der Waals surface area contributed by atoms with Crippen LogP contribution < -0.4 is 15.5 Å². The third-order valence-corrected chi connectivity index (χ3v) is 6.38. The molecule has 8 nitrogen and oxygen atoms in total. The van der Waals surface area contributed by atoms with Crippen molar-refractivity contribution in [3.05, 3.63) is 29.7 Å². The molecular formula is C22H30F2N6O2. The lowest BCUT2D eigenvalue weighted by Gasteiger charge is -2.44. The minimum absolute atomic E-state index is 0.0987. The van der Waals surface area contributed by atoms with Gasteiger partial charge in [0.05, 0.1) is 29.4 Å². The van der Waals surface area contributed by atoms with E-state index in [4.69, 9.17) is 4.74 Å². The molecule has 1 aliphatic heterocycles.